The van der Waals surface area contributed by atoms with Crippen molar-refractivity contribution in [2.24, 2.45) is 5.92 Å². The van der Waals surface area contributed by atoms with Gasteiger partial charge < -0.3 is 4.90 Å². The van der Waals surface area contributed by atoms with Gasteiger partial charge in [-0.3, -0.25) is 14.3 Å². The lowest BCUT2D eigenvalue weighted by Crippen LogP contribution is -2.54. The lowest BCUT2D eigenvalue weighted by atomic mass is 9.83. The second-order valence-electron chi connectivity index (χ2n) is 7.49. The first-order valence-corrected chi connectivity index (χ1v) is 9.55. The average Bonchev–Trinajstić information content (AvgIpc) is 3.17. The van der Waals surface area contributed by atoms with E-state index in [9.17, 15) is 0 Å². The van der Waals surface area contributed by atoms with Crippen molar-refractivity contribution in [3.05, 3.63) is 54.6 Å². The number of benzene rings is 1. The number of rotatable bonds is 3. The van der Waals surface area contributed by atoms with Crippen LogP contribution in [0.3, 0.4) is 0 Å². The van der Waals surface area contributed by atoms with E-state index in [2.05, 4.69) is 59.7 Å². The fourth-order valence-corrected chi connectivity index (χ4v) is 4.70. The van der Waals surface area contributed by atoms with E-state index in [0.717, 1.165) is 31.1 Å². The molecule has 1 aromatic carbocycles. The van der Waals surface area contributed by atoms with E-state index in [1.54, 1.807) is 12.5 Å². The molecule has 0 aliphatic carbocycles. The van der Waals surface area contributed by atoms with Crippen molar-refractivity contribution in [3.8, 4) is 0 Å². The molecule has 0 bridgehead atoms. The highest BCUT2D eigenvalue weighted by Crippen LogP contribution is 2.33. The van der Waals surface area contributed by atoms with Gasteiger partial charge in [-0.2, -0.15) is 0 Å². The molecule has 3 aromatic rings. The van der Waals surface area contributed by atoms with Gasteiger partial charge in [-0.25, -0.2) is 0 Å². The summed E-state index contributed by atoms with van der Waals surface area (Å²) in [6.45, 7) is 4.45. The average molecular weight is 348 g/mol. The maximum Gasteiger partial charge on any atom is 0.180 e. The Morgan fingerprint density at radius 2 is 1.96 bits per heavy atom. The summed E-state index contributed by atoms with van der Waals surface area (Å²) in [7, 11) is 0. The van der Waals surface area contributed by atoms with Crippen molar-refractivity contribution < 1.29 is 0 Å². The van der Waals surface area contributed by atoms with Crippen molar-refractivity contribution in [2.75, 3.05) is 24.5 Å². The molecule has 0 saturated carbocycles. The van der Waals surface area contributed by atoms with E-state index in [-0.39, 0.29) is 0 Å². The standard InChI is InChI=1S/C20H24N6/c1-2-5-16(6-3-1)13-24-9-4-7-17-14-25(10-8-18(17)24)20-12-21-11-19-23-22-15-26(19)20/h1-3,5-6,11-12,15,17-18H,4,7-10,13-14H2/t17-,18-/m1/s1. The van der Waals surface area contributed by atoms with Gasteiger partial charge in [0.2, 0.25) is 0 Å². The van der Waals surface area contributed by atoms with Crippen LogP contribution in [0, 0.1) is 5.92 Å². The lowest BCUT2D eigenvalue weighted by Gasteiger charge is -2.47. The molecule has 2 fully saturated rings. The van der Waals surface area contributed by atoms with Crippen molar-refractivity contribution in [1.29, 1.82) is 0 Å². The molecule has 134 valence electrons. The van der Waals surface area contributed by atoms with Crippen LogP contribution in [-0.2, 0) is 6.54 Å². The predicted molar refractivity (Wildman–Crippen MR) is 101 cm³/mol. The summed E-state index contributed by atoms with van der Waals surface area (Å²) in [5.41, 5.74) is 2.24. The Morgan fingerprint density at radius 1 is 1.04 bits per heavy atom. The second kappa shape index (κ2) is 6.68. The summed E-state index contributed by atoms with van der Waals surface area (Å²) >= 11 is 0. The van der Waals surface area contributed by atoms with Crippen molar-refractivity contribution in [2.45, 2.75) is 31.8 Å². The van der Waals surface area contributed by atoms with Crippen LogP contribution in [0.15, 0.2) is 49.1 Å². The molecule has 2 saturated heterocycles. The third-order valence-electron chi connectivity index (χ3n) is 5.94. The molecular formula is C20H24N6. The van der Waals surface area contributed by atoms with Gasteiger partial charge in [-0.05, 0) is 37.3 Å². The first-order valence-electron chi connectivity index (χ1n) is 9.55. The van der Waals surface area contributed by atoms with Crippen LogP contribution < -0.4 is 4.90 Å². The molecule has 0 N–H and O–H groups in total. The van der Waals surface area contributed by atoms with E-state index in [0.29, 0.717) is 12.0 Å². The molecule has 6 heteroatoms. The van der Waals surface area contributed by atoms with E-state index in [1.807, 2.05) is 6.20 Å². The monoisotopic (exact) mass is 348 g/mol. The fourth-order valence-electron chi connectivity index (χ4n) is 4.70. The van der Waals surface area contributed by atoms with Gasteiger partial charge in [0.25, 0.3) is 0 Å². The molecule has 2 atom stereocenters. The Morgan fingerprint density at radius 3 is 2.88 bits per heavy atom. The highest BCUT2D eigenvalue weighted by atomic mass is 15.3. The van der Waals surface area contributed by atoms with E-state index >= 15 is 0 Å². The van der Waals surface area contributed by atoms with Crippen LogP contribution in [-0.4, -0.2) is 50.2 Å². The van der Waals surface area contributed by atoms with Gasteiger partial charge in [0.1, 0.15) is 12.1 Å². The first-order chi connectivity index (χ1) is 12.9. The minimum atomic E-state index is 0.688. The Bertz CT molecular complexity index is 876. The number of piperidine rings is 2. The number of hydrogen-bond donors (Lipinski definition) is 0. The highest BCUT2D eigenvalue weighted by Gasteiger charge is 2.36. The van der Waals surface area contributed by atoms with Gasteiger partial charge in [0, 0.05) is 25.7 Å². The maximum absolute atomic E-state index is 4.36. The summed E-state index contributed by atoms with van der Waals surface area (Å²) in [6, 6.07) is 11.6. The summed E-state index contributed by atoms with van der Waals surface area (Å²) in [6.07, 6.45) is 9.32. The Labute approximate surface area is 153 Å². The number of nitrogens with zero attached hydrogens (tertiary/aromatic N) is 6. The molecule has 2 aromatic heterocycles. The number of aromatic nitrogens is 4. The topological polar surface area (TPSA) is 49.6 Å². The predicted octanol–water partition coefficient (Wildman–Crippen LogP) is 2.62. The van der Waals surface area contributed by atoms with E-state index in [1.165, 1.54) is 31.4 Å². The van der Waals surface area contributed by atoms with Gasteiger partial charge in [0.15, 0.2) is 5.65 Å². The largest absolute Gasteiger partial charge is 0.356 e. The SMILES string of the molecule is c1ccc(CN2CCC[C@@H]3CN(c4cncc5nncn45)CC[C@H]32)cc1. The Kier molecular flexibility index (Phi) is 4.05. The molecule has 2 aliphatic rings. The molecule has 0 spiro atoms. The number of hydrogen-bond acceptors (Lipinski definition) is 5. The molecule has 2 aliphatic heterocycles. The molecular weight excluding hydrogens is 324 g/mol. The zero-order valence-electron chi connectivity index (χ0n) is 14.9. The van der Waals surface area contributed by atoms with Crippen LogP contribution in [0.5, 0.6) is 0 Å². The molecule has 6 nitrogen and oxygen atoms in total. The summed E-state index contributed by atoms with van der Waals surface area (Å²) < 4.78 is 2.05. The molecule has 26 heavy (non-hydrogen) atoms. The van der Waals surface area contributed by atoms with Crippen molar-refractivity contribution >= 4 is 11.5 Å². The van der Waals surface area contributed by atoms with Crippen molar-refractivity contribution in [3.63, 3.8) is 0 Å². The summed E-state index contributed by atoms with van der Waals surface area (Å²) in [5, 5.41) is 8.17. The van der Waals surface area contributed by atoms with Gasteiger partial charge >= 0.3 is 0 Å². The van der Waals surface area contributed by atoms with Crippen LogP contribution in [0.1, 0.15) is 24.8 Å². The third-order valence-corrected chi connectivity index (χ3v) is 5.94. The zero-order valence-corrected chi connectivity index (χ0v) is 14.9. The fraction of sp³-hybridized carbons (Fsp3) is 0.450. The van der Waals surface area contributed by atoms with Gasteiger partial charge in [-0.1, -0.05) is 30.3 Å². The first kappa shape index (κ1) is 15.8. The van der Waals surface area contributed by atoms with Gasteiger partial charge in [-0.15, -0.1) is 10.2 Å². The molecule has 5 rings (SSSR count). The van der Waals surface area contributed by atoms with Crippen LogP contribution >= 0.6 is 0 Å². The summed E-state index contributed by atoms with van der Waals surface area (Å²) in [4.78, 5) is 9.54. The second-order valence-corrected chi connectivity index (χ2v) is 7.49. The van der Waals surface area contributed by atoms with Crippen molar-refractivity contribution in [1.82, 2.24) is 24.5 Å². The van der Waals surface area contributed by atoms with E-state index in [4.69, 9.17) is 0 Å². The van der Waals surface area contributed by atoms with Gasteiger partial charge in [0.05, 0.1) is 12.4 Å². The number of fused-ring (bicyclic) bond motifs is 2. The normalized spacial score (nSPS) is 23.9. The minimum absolute atomic E-state index is 0.688. The maximum atomic E-state index is 4.36. The van der Waals surface area contributed by atoms with Crippen LogP contribution in [0.2, 0.25) is 0 Å². The summed E-state index contributed by atoms with van der Waals surface area (Å²) in [5.74, 6) is 1.83. The zero-order chi connectivity index (χ0) is 17.3. The third kappa shape index (κ3) is 2.84. The molecule has 0 unspecified atom stereocenters. The van der Waals surface area contributed by atoms with Crippen LogP contribution in [0.4, 0.5) is 5.82 Å². The molecule has 0 amide bonds. The Hall–Kier alpha value is -2.47. The quantitative estimate of drug-likeness (QED) is 0.728. The molecule has 0 radical (unpaired) electrons. The molecule has 4 heterocycles. The smallest absolute Gasteiger partial charge is 0.180 e. The van der Waals surface area contributed by atoms with E-state index < -0.39 is 0 Å². The number of anilines is 1. The highest BCUT2D eigenvalue weighted by molar-refractivity contribution is 5.47. The number of likely N-dealkylation sites (tertiary alicyclic amines) is 1. The Balaban J connectivity index is 1.34. The lowest BCUT2D eigenvalue weighted by molar-refractivity contribution is 0.0700. The van der Waals surface area contributed by atoms with Crippen LogP contribution in [0.25, 0.3) is 5.65 Å². The minimum Gasteiger partial charge on any atom is -0.356 e.